The van der Waals surface area contributed by atoms with Crippen LogP contribution in [0.2, 0.25) is 5.02 Å². The maximum absolute atomic E-state index is 12.7. The highest BCUT2D eigenvalue weighted by Gasteiger charge is 2.30. The van der Waals surface area contributed by atoms with Gasteiger partial charge in [-0.15, -0.1) is 10.2 Å². The lowest BCUT2D eigenvalue weighted by Gasteiger charge is -2.22. The molecular formula is C17H23ClN6O. The van der Waals surface area contributed by atoms with Crippen LogP contribution in [0.1, 0.15) is 38.6 Å². The number of hydrogen-bond donors (Lipinski definition) is 2. The Balaban J connectivity index is 1.72. The summed E-state index contributed by atoms with van der Waals surface area (Å²) in [4.78, 5) is 14.1. The predicted molar refractivity (Wildman–Crippen MR) is 95.9 cm³/mol. The Labute approximate surface area is 151 Å². The lowest BCUT2D eigenvalue weighted by molar-refractivity contribution is -0.126. The van der Waals surface area contributed by atoms with Gasteiger partial charge in [-0.2, -0.15) is 4.80 Å². The fourth-order valence-electron chi connectivity index (χ4n) is 3.31. The van der Waals surface area contributed by atoms with Crippen LogP contribution in [0, 0.1) is 5.92 Å². The third-order valence-corrected chi connectivity index (χ3v) is 5.04. The van der Waals surface area contributed by atoms with E-state index in [9.17, 15) is 4.79 Å². The van der Waals surface area contributed by atoms with Crippen molar-refractivity contribution in [3.8, 4) is 11.4 Å². The molecule has 1 aromatic heterocycles. The van der Waals surface area contributed by atoms with E-state index in [0.717, 1.165) is 24.8 Å². The molecule has 1 aromatic carbocycles. The van der Waals surface area contributed by atoms with Crippen LogP contribution < -0.4 is 11.1 Å². The second-order valence-corrected chi connectivity index (χ2v) is 6.84. The molecule has 1 fully saturated rings. The van der Waals surface area contributed by atoms with Crippen LogP contribution in [0.5, 0.6) is 0 Å². The average molecular weight is 363 g/mol. The summed E-state index contributed by atoms with van der Waals surface area (Å²) in [6, 6.07) is 6.87. The molecule has 0 aliphatic heterocycles. The van der Waals surface area contributed by atoms with Crippen LogP contribution in [0.3, 0.4) is 0 Å². The highest BCUT2D eigenvalue weighted by atomic mass is 35.5. The molecule has 0 saturated heterocycles. The van der Waals surface area contributed by atoms with Gasteiger partial charge in [0, 0.05) is 16.6 Å². The van der Waals surface area contributed by atoms with Crippen molar-refractivity contribution in [1.29, 1.82) is 0 Å². The maximum Gasteiger partial charge on any atom is 0.247 e. The van der Waals surface area contributed by atoms with E-state index in [0.29, 0.717) is 29.7 Å². The molecule has 0 bridgehead atoms. The number of carbonyl (C=O) groups is 1. The van der Waals surface area contributed by atoms with Gasteiger partial charge in [0.1, 0.15) is 0 Å². The standard InChI is InChI=1S/C17H23ClN6O/c1-2-15(17(25)20-14-5-3-4-12(14)10-19)24-22-16(21-23-24)11-6-8-13(18)9-7-11/h6-9,12,14-15H,2-5,10,19H2,1H3,(H,20,25). The quantitative estimate of drug-likeness (QED) is 0.820. The van der Waals surface area contributed by atoms with Crippen molar-refractivity contribution in [1.82, 2.24) is 25.5 Å². The molecule has 25 heavy (non-hydrogen) atoms. The Morgan fingerprint density at radius 1 is 1.40 bits per heavy atom. The Morgan fingerprint density at radius 2 is 2.16 bits per heavy atom. The van der Waals surface area contributed by atoms with Crippen LogP contribution in [-0.2, 0) is 4.79 Å². The summed E-state index contributed by atoms with van der Waals surface area (Å²) in [6.45, 7) is 2.54. The Morgan fingerprint density at radius 3 is 2.84 bits per heavy atom. The lowest BCUT2D eigenvalue weighted by Crippen LogP contribution is -2.43. The van der Waals surface area contributed by atoms with Gasteiger partial charge >= 0.3 is 0 Å². The topological polar surface area (TPSA) is 98.7 Å². The number of hydrogen-bond acceptors (Lipinski definition) is 5. The van der Waals surface area contributed by atoms with E-state index in [1.54, 1.807) is 12.1 Å². The van der Waals surface area contributed by atoms with Gasteiger partial charge in [0.2, 0.25) is 11.7 Å². The van der Waals surface area contributed by atoms with Crippen molar-refractivity contribution in [3.63, 3.8) is 0 Å². The van der Waals surface area contributed by atoms with Crippen molar-refractivity contribution in [3.05, 3.63) is 29.3 Å². The highest BCUT2D eigenvalue weighted by Crippen LogP contribution is 2.25. The van der Waals surface area contributed by atoms with E-state index in [1.165, 1.54) is 4.80 Å². The number of tetrazole rings is 1. The first-order valence-corrected chi connectivity index (χ1v) is 9.06. The van der Waals surface area contributed by atoms with Gasteiger partial charge in [-0.1, -0.05) is 24.9 Å². The molecule has 3 rings (SSSR count). The molecule has 0 radical (unpaired) electrons. The molecule has 0 spiro atoms. The first-order valence-electron chi connectivity index (χ1n) is 8.68. The summed E-state index contributed by atoms with van der Waals surface area (Å²) in [5.41, 5.74) is 6.61. The van der Waals surface area contributed by atoms with Gasteiger partial charge in [0.15, 0.2) is 6.04 Å². The maximum atomic E-state index is 12.7. The molecule has 2 aromatic rings. The van der Waals surface area contributed by atoms with E-state index in [1.807, 2.05) is 19.1 Å². The molecule has 134 valence electrons. The van der Waals surface area contributed by atoms with Crippen molar-refractivity contribution < 1.29 is 4.79 Å². The van der Waals surface area contributed by atoms with Gasteiger partial charge in [-0.05, 0) is 61.2 Å². The zero-order valence-corrected chi connectivity index (χ0v) is 15.0. The molecule has 1 aliphatic rings. The number of amides is 1. The fraction of sp³-hybridized carbons (Fsp3) is 0.529. The third kappa shape index (κ3) is 3.99. The van der Waals surface area contributed by atoms with E-state index in [-0.39, 0.29) is 11.9 Å². The number of nitrogens with two attached hydrogens (primary N) is 1. The number of carbonyl (C=O) groups excluding carboxylic acids is 1. The Kier molecular flexibility index (Phi) is 5.65. The molecule has 3 N–H and O–H groups in total. The summed E-state index contributed by atoms with van der Waals surface area (Å²) in [6.07, 6.45) is 3.74. The van der Waals surface area contributed by atoms with Gasteiger partial charge in [-0.25, -0.2) is 0 Å². The smallest absolute Gasteiger partial charge is 0.247 e. The first kappa shape index (κ1) is 17.8. The molecule has 1 aliphatic carbocycles. The second kappa shape index (κ2) is 7.93. The minimum atomic E-state index is -0.479. The lowest BCUT2D eigenvalue weighted by atomic mass is 10.0. The van der Waals surface area contributed by atoms with Crippen molar-refractivity contribution >= 4 is 17.5 Å². The van der Waals surface area contributed by atoms with Gasteiger partial charge in [0.25, 0.3) is 0 Å². The molecular weight excluding hydrogens is 340 g/mol. The molecule has 3 unspecified atom stereocenters. The van der Waals surface area contributed by atoms with Crippen LogP contribution in [0.15, 0.2) is 24.3 Å². The number of nitrogens with one attached hydrogen (secondary N) is 1. The third-order valence-electron chi connectivity index (χ3n) is 4.79. The zero-order chi connectivity index (χ0) is 17.8. The second-order valence-electron chi connectivity index (χ2n) is 6.41. The predicted octanol–water partition coefficient (Wildman–Crippen LogP) is 2.19. The molecule has 1 saturated carbocycles. The summed E-state index contributed by atoms with van der Waals surface area (Å²) in [5.74, 6) is 0.756. The van der Waals surface area contributed by atoms with Crippen LogP contribution in [0.25, 0.3) is 11.4 Å². The Bertz CT molecular complexity index is 716. The van der Waals surface area contributed by atoms with Crippen LogP contribution in [-0.4, -0.2) is 38.7 Å². The van der Waals surface area contributed by atoms with Crippen molar-refractivity contribution in [2.75, 3.05) is 6.54 Å². The minimum Gasteiger partial charge on any atom is -0.351 e. The normalized spacial score (nSPS) is 21.2. The number of halogens is 1. The number of nitrogens with zero attached hydrogens (tertiary/aromatic N) is 4. The van der Waals surface area contributed by atoms with Crippen LogP contribution in [0.4, 0.5) is 0 Å². The number of rotatable bonds is 6. The van der Waals surface area contributed by atoms with Gasteiger partial charge in [-0.3, -0.25) is 4.79 Å². The molecule has 1 heterocycles. The van der Waals surface area contributed by atoms with E-state index in [2.05, 4.69) is 20.7 Å². The van der Waals surface area contributed by atoms with E-state index in [4.69, 9.17) is 17.3 Å². The largest absolute Gasteiger partial charge is 0.351 e. The summed E-state index contributed by atoms with van der Waals surface area (Å²) in [7, 11) is 0. The molecule has 1 amide bonds. The Hall–Kier alpha value is -1.99. The number of benzene rings is 1. The number of aromatic nitrogens is 4. The van der Waals surface area contributed by atoms with Crippen LogP contribution >= 0.6 is 11.6 Å². The van der Waals surface area contributed by atoms with Crippen molar-refractivity contribution in [2.24, 2.45) is 11.7 Å². The zero-order valence-electron chi connectivity index (χ0n) is 14.2. The summed E-state index contributed by atoms with van der Waals surface area (Å²) < 4.78 is 0. The monoisotopic (exact) mass is 362 g/mol. The van der Waals surface area contributed by atoms with Crippen molar-refractivity contribution in [2.45, 2.75) is 44.7 Å². The van der Waals surface area contributed by atoms with E-state index >= 15 is 0 Å². The SMILES string of the molecule is CCC(C(=O)NC1CCCC1CN)n1nnc(-c2ccc(Cl)cc2)n1. The van der Waals surface area contributed by atoms with Gasteiger partial charge < -0.3 is 11.1 Å². The summed E-state index contributed by atoms with van der Waals surface area (Å²) in [5, 5.41) is 16.3. The first-order chi connectivity index (χ1) is 12.1. The molecule has 3 atom stereocenters. The average Bonchev–Trinajstić information content (AvgIpc) is 3.26. The fourth-order valence-corrected chi connectivity index (χ4v) is 3.44. The molecule has 8 heteroatoms. The minimum absolute atomic E-state index is 0.0760. The van der Waals surface area contributed by atoms with E-state index < -0.39 is 6.04 Å². The molecule has 7 nitrogen and oxygen atoms in total. The summed E-state index contributed by atoms with van der Waals surface area (Å²) >= 11 is 5.90. The highest BCUT2D eigenvalue weighted by molar-refractivity contribution is 6.30. The van der Waals surface area contributed by atoms with Gasteiger partial charge in [0.05, 0.1) is 0 Å².